The molecule has 0 saturated carbocycles. The van der Waals surface area contributed by atoms with Crippen LogP contribution in [0.25, 0.3) is 0 Å². The lowest BCUT2D eigenvalue weighted by molar-refractivity contribution is -0.122. The molecule has 10 heteroatoms. The molecule has 1 unspecified atom stereocenters. The first-order valence-corrected chi connectivity index (χ1v) is 12.1. The highest BCUT2D eigenvalue weighted by Crippen LogP contribution is 2.33. The van der Waals surface area contributed by atoms with Gasteiger partial charge in [-0.1, -0.05) is 60.2 Å². The molecule has 8 nitrogen and oxygen atoms in total. The van der Waals surface area contributed by atoms with Gasteiger partial charge in [0.15, 0.2) is 5.69 Å². The molecule has 0 aliphatic rings. The maximum absolute atomic E-state index is 14.0. The zero-order chi connectivity index (χ0) is 26.5. The molecule has 3 amide bonds. The Kier molecular flexibility index (Phi) is 7.59. The number of nitrogen functional groups attached to an aromatic ring is 1. The smallest absolute Gasteiger partial charge is 0.273 e. The third-order valence-corrected chi connectivity index (χ3v) is 6.54. The monoisotopic (exact) mass is 517 g/mol. The minimum Gasteiger partial charge on any atom is -0.395 e. The van der Waals surface area contributed by atoms with Gasteiger partial charge >= 0.3 is 0 Å². The van der Waals surface area contributed by atoms with Crippen molar-refractivity contribution in [2.45, 2.75) is 19.5 Å². The van der Waals surface area contributed by atoms with Crippen molar-refractivity contribution >= 4 is 40.6 Å². The van der Waals surface area contributed by atoms with Crippen LogP contribution in [0.4, 0.5) is 15.8 Å². The molecule has 0 saturated heterocycles. The zero-order valence-corrected chi connectivity index (χ0v) is 20.7. The van der Waals surface area contributed by atoms with Crippen LogP contribution in [0.1, 0.15) is 42.9 Å². The van der Waals surface area contributed by atoms with Crippen LogP contribution in [0.3, 0.4) is 0 Å². The van der Waals surface area contributed by atoms with Crippen molar-refractivity contribution in [3.63, 3.8) is 0 Å². The van der Waals surface area contributed by atoms with Crippen molar-refractivity contribution in [2.75, 3.05) is 10.6 Å². The Labute approximate surface area is 216 Å². The third-order valence-electron chi connectivity index (χ3n) is 5.69. The molecule has 4 rings (SSSR count). The Hall–Kier alpha value is -4.57. The zero-order valence-electron chi connectivity index (χ0n) is 19.9. The number of nitrogens with one attached hydrogen (secondary N) is 1. The standard InChI is InChI=1S/C27H24FN5O3S/c1-16-7-13-20(14-8-16)33(27(36)24-21(29)22(25(30)34)32-37-24)23(18-9-11-19(28)12-10-18)26(35)31-15-17-5-3-2-4-6-17/h2-14,23H,15,29H2,1H3,(H2,30,34)(H,31,35). The number of nitrogens with two attached hydrogens (primary N) is 2. The van der Waals surface area contributed by atoms with Crippen LogP contribution < -0.4 is 21.7 Å². The molecule has 5 N–H and O–H groups in total. The number of carbonyl (C=O) groups excluding carboxylic acids is 3. The van der Waals surface area contributed by atoms with Crippen molar-refractivity contribution in [1.29, 1.82) is 0 Å². The summed E-state index contributed by atoms with van der Waals surface area (Å²) in [5, 5.41) is 2.87. The van der Waals surface area contributed by atoms with Gasteiger partial charge in [0.05, 0.1) is 5.69 Å². The normalized spacial score (nSPS) is 11.5. The van der Waals surface area contributed by atoms with E-state index in [1.54, 1.807) is 24.3 Å². The van der Waals surface area contributed by atoms with E-state index in [0.717, 1.165) is 11.1 Å². The molecule has 4 aromatic rings. The molecule has 0 fully saturated rings. The summed E-state index contributed by atoms with van der Waals surface area (Å²) in [6.45, 7) is 2.10. The van der Waals surface area contributed by atoms with E-state index >= 15 is 0 Å². The predicted octanol–water partition coefficient (Wildman–Crippen LogP) is 3.98. The molecular formula is C27H24FN5O3S. The number of aromatic nitrogens is 1. The topological polar surface area (TPSA) is 131 Å². The fourth-order valence-corrected chi connectivity index (χ4v) is 4.51. The quantitative estimate of drug-likeness (QED) is 0.325. The van der Waals surface area contributed by atoms with Crippen molar-refractivity contribution in [1.82, 2.24) is 9.69 Å². The van der Waals surface area contributed by atoms with Gasteiger partial charge < -0.3 is 16.8 Å². The van der Waals surface area contributed by atoms with Gasteiger partial charge in [0.2, 0.25) is 5.91 Å². The van der Waals surface area contributed by atoms with Crippen molar-refractivity contribution in [3.8, 4) is 0 Å². The van der Waals surface area contributed by atoms with Gasteiger partial charge in [0.25, 0.3) is 11.8 Å². The van der Waals surface area contributed by atoms with E-state index < -0.39 is 29.6 Å². The molecule has 1 heterocycles. The number of benzene rings is 3. The number of nitrogens with zero attached hydrogens (tertiary/aromatic N) is 2. The molecule has 0 radical (unpaired) electrons. The lowest BCUT2D eigenvalue weighted by Crippen LogP contribution is -2.44. The Balaban J connectivity index is 1.82. The molecule has 1 aromatic heterocycles. The second-order valence-electron chi connectivity index (χ2n) is 8.31. The summed E-state index contributed by atoms with van der Waals surface area (Å²) in [6.07, 6.45) is 0. The molecule has 1 atom stereocenters. The minimum atomic E-state index is -1.20. The van der Waals surface area contributed by atoms with Gasteiger partial charge in [-0.25, -0.2) is 4.39 Å². The number of halogens is 1. The number of anilines is 2. The van der Waals surface area contributed by atoms with Crippen LogP contribution in [-0.4, -0.2) is 22.1 Å². The predicted molar refractivity (Wildman–Crippen MR) is 140 cm³/mol. The van der Waals surface area contributed by atoms with Crippen LogP contribution in [0.5, 0.6) is 0 Å². The average Bonchev–Trinajstić information content (AvgIpc) is 3.29. The van der Waals surface area contributed by atoms with Crippen LogP contribution in [0.2, 0.25) is 0 Å². The number of aryl methyl sites for hydroxylation is 1. The maximum Gasteiger partial charge on any atom is 0.273 e. The second kappa shape index (κ2) is 11.0. The van der Waals surface area contributed by atoms with Crippen LogP contribution >= 0.6 is 11.5 Å². The fourth-order valence-electron chi connectivity index (χ4n) is 3.77. The number of carbonyl (C=O) groups is 3. The largest absolute Gasteiger partial charge is 0.395 e. The highest BCUT2D eigenvalue weighted by atomic mass is 32.1. The summed E-state index contributed by atoms with van der Waals surface area (Å²) < 4.78 is 17.7. The first-order chi connectivity index (χ1) is 17.8. The fraction of sp³-hybridized carbons (Fsp3) is 0.111. The number of rotatable bonds is 8. The molecule has 3 aromatic carbocycles. The Morgan fingerprint density at radius 3 is 2.24 bits per heavy atom. The van der Waals surface area contributed by atoms with Crippen LogP contribution in [0, 0.1) is 12.7 Å². The molecule has 0 spiro atoms. The minimum absolute atomic E-state index is 0.0441. The second-order valence-corrected chi connectivity index (χ2v) is 9.08. The molecule has 0 aliphatic carbocycles. The van der Waals surface area contributed by atoms with Gasteiger partial charge in [0, 0.05) is 12.2 Å². The van der Waals surface area contributed by atoms with E-state index in [2.05, 4.69) is 9.69 Å². The number of amides is 3. The summed E-state index contributed by atoms with van der Waals surface area (Å²) in [5.74, 6) is -2.51. The first kappa shape index (κ1) is 25.5. The van der Waals surface area contributed by atoms with E-state index in [1.807, 2.05) is 37.3 Å². The van der Waals surface area contributed by atoms with Gasteiger partial charge in [-0.2, -0.15) is 4.37 Å². The van der Waals surface area contributed by atoms with E-state index in [9.17, 15) is 18.8 Å². The molecular weight excluding hydrogens is 493 g/mol. The Morgan fingerprint density at radius 1 is 1.00 bits per heavy atom. The highest BCUT2D eigenvalue weighted by molar-refractivity contribution is 7.09. The average molecular weight is 518 g/mol. The number of primary amides is 1. The third kappa shape index (κ3) is 5.65. The van der Waals surface area contributed by atoms with E-state index in [0.29, 0.717) is 22.8 Å². The summed E-state index contributed by atoms with van der Waals surface area (Å²) in [7, 11) is 0. The van der Waals surface area contributed by atoms with Gasteiger partial charge in [-0.05, 0) is 53.8 Å². The molecule has 37 heavy (non-hydrogen) atoms. The number of hydrogen-bond acceptors (Lipinski definition) is 6. The maximum atomic E-state index is 14.0. The van der Waals surface area contributed by atoms with Gasteiger partial charge in [0.1, 0.15) is 16.7 Å². The first-order valence-electron chi connectivity index (χ1n) is 11.3. The Morgan fingerprint density at radius 2 is 1.65 bits per heavy atom. The van der Waals surface area contributed by atoms with E-state index in [4.69, 9.17) is 11.5 Å². The van der Waals surface area contributed by atoms with Crippen molar-refractivity contribution in [3.05, 3.63) is 112 Å². The summed E-state index contributed by atoms with van der Waals surface area (Å²) in [5.41, 5.74) is 13.6. The summed E-state index contributed by atoms with van der Waals surface area (Å²) >= 11 is 0.717. The van der Waals surface area contributed by atoms with Crippen molar-refractivity contribution in [2.24, 2.45) is 5.73 Å². The highest BCUT2D eigenvalue weighted by Gasteiger charge is 2.36. The Bertz CT molecular complexity index is 1420. The van der Waals surface area contributed by atoms with E-state index in [1.165, 1.54) is 29.2 Å². The van der Waals surface area contributed by atoms with Crippen molar-refractivity contribution < 1.29 is 18.8 Å². The lowest BCUT2D eigenvalue weighted by atomic mass is 10.0. The molecule has 0 bridgehead atoms. The lowest BCUT2D eigenvalue weighted by Gasteiger charge is -2.31. The van der Waals surface area contributed by atoms with Gasteiger partial charge in [-0.15, -0.1) is 0 Å². The van der Waals surface area contributed by atoms with Crippen LogP contribution in [0.15, 0.2) is 78.9 Å². The SMILES string of the molecule is Cc1ccc(N(C(=O)c2snc(C(N)=O)c2N)C(C(=O)NCc2ccccc2)c2ccc(F)cc2)cc1. The summed E-state index contributed by atoms with van der Waals surface area (Å²) in [6, 6.07) is 20.4. The molecule has 0 aliphatic heterocycles. The molecule has 188 valence electrons. The van der Waals surface area contributed by atoms with Crippen LogP contribution in [-0.2, 0) is 11.3 Å². The number of hydrogen-bond donors (Lipinski definition) is 3. The summed E-state index contributed by atoms with van der Waals surface area (Å²) in [4.78, 5) is 40.6. The van der Waals surface area contributed by atoms with E-state index in [-0.39, 0.29) is 22.8 Å². The van der Waals surface area contributed by atoms with Gasteiger partial charge in [-0.3, -0.25) is 19.3 Å².